The summed E-state index contributed by atoms with van der Waals surface area (Å²) in [4.78, 5) is 11.5. The first kappa shape index (κ1) is 17.6. The molecule has 0 aromatic carbocycles. The molecule has 1 N–H and O–H groups in total. The van der Waals surface area contributed by atoms with Crippen molar-refractivity contribution in [3.05, 3.63) is 0 Å². The van der Waals surface area contributed by atoms with Crippen LogP contribution in [0.4, 0.5) is 0 Å². The number of rotatable bonds is 13. The van der Waals surface area contributed by atoms with Crippen LogP contribution in [-0.2, 0) is 4.79 Å². The molecule has 0 spiro atoms. The van der Waals surface area contributed by atoms with E-state index < -0.39 is 0 Å². The number of Topliss-reactive ketones (excluding diaryl/α,β-unsaturated/α-hetero) is 1. The highest BCUT2D eigenvalue weighted by Crippen LogP contribution is 2.10. The van der Waals surface area contributed by atoms with Crippen molar-refractivity contribution in [3.63, 3.8) is 0 Å². The number of carbonyl (C=O) groups is 1. The van der Waals surface area contributed by atoms with Crippen LogP contribution in [0, 0.1) is 0 Å². The molecule has 0 rings (SSSR count). The van der Waals surface area contributed by atoms with Gasteiger partial charge in [0.05, 0.1) is 6.54 Å². The molecule has 0 aliphatic heterocycles. The van der Waals surface area contributed by atoms with E-state index in [4.69, 9.17) is 0 Å². The highest BCUT2D eigenvalue weighted by Gasteiger charge is 2.02. The summed E-state index contributed by atoms with van der Waals surface area (Å²) in [5, 5.41) is 3.18. The van der Waals surface area contributed by atoms with E-state index in [1.54, 1.807) is 0 Å². The lowest BCUT2D eigenvalue weighted by Crippen LogP contribution is -2.28. The quantitative estimate of drug-likeness (QED) is 0.492. The van der Waals surface area contributed by atoms with Gasteiger partial charge in [-0.1, -0.05) is 72.1 Å². The Bertz CT molecular complexity index is 190. The summed E-state index contributed by atoms with van der Waals surface area (Å²) in [6.07, 6.45) is 12.6. The predicted molar refractivity (Wildman–Crippen MR) is 80.0 cm³/mol. The largest absolute Gasteiger partial charge is 0.308 e. The maximum atomic E-state index is 11.5. The van der Waals surface area contributed by atoms with Gasteiger partial charge in [-0.15, -0.1) is 0 Å². The average Bonchev–Trinajstić information content (AvgIpc) is 2.34. The molecule has 0 aliphatic carbocycles. The van der Waals surface area contributed by atoms with Crippen molar-refractivity contribution < 1.29 is 4.79 Å². The summed E-state index contributed by atoms with van der Waals surface area (Å²) in [5.74, 6) is 0.367. The van der Waals surface area contributed by atoms with E-state index in [0.29, 0.717) is 18.4 Å². The molecule has 0 saturated carbocycles. The van der Waals surface area contributed by atoms with E-state index in [2.05, 4.69) is 26.1 Å². The number of unbranched alkanes of at least 4 members (excludes halogenated alkanes) is 8. The molecule has 0 unspecified atom stereocenters. The second-order valence-corrected chi connectivity index (χ2v) is 5.65. The van der Waals surface area contributed by atoms with Gasteiger partial charge in [0.15, 0.2) is 0 Å². The van der Waals surface area contributed by atoms with Crippen LogP contribution >= 0.6 is 0 Å². The maximum absolute atomic E-state index is 11.5. The molecule has 0 bridgehead atoms. The van der Waals surface area contributed by atoms with E-state index in [1.807, 2.05) is 0 Å². The van der Waals surface area contributed by atoms with E-state index in [-0.39, 0.29) is 0 Å². The smallest absolute Gasteiger partial charge is 0.146 e. The molecule has 0 aromatic heterocycles. The molecule has 0 heterocycles. The number of carbonyl (C=O) groups excluding carboxylic acids is 1. The molecule has 0 atom stereocenters. The molecule has 2 heteroatoms. The molecule has 0 saturated heterocycles. The highest BCUT2D eigenvalue weighted by molar-refractivity contribution is 5.80. The van der Waals surface area contributed by atoms with Crippen molar-refractivity contribution in [2.45, 2.75) is 91.0 Å². The summed E-state index contributed by atoms with van der Waals surface area (Å²) >= 11 is 0. The van der Waals surface area contributed by atoms with Crippen LogP contribution in [0.5, 0.6) is 0 Å². The molecule has 108 valence electrons. The van der Waals surface area contributed by atoms with Gasteiger partial charge in [-0.2, -0.15) is 0 Å². The van der Waals surface area contributed by atoms with Crippen LogP contribution in [-0.4, -0.2) is 18.4 Å². The average molecular weight is 255 g/mol. The van der Waals surface area contributed by atoms with Crippen molar-refractivity contribution in [1.82, 2.24) is 5.32 Å². The maximum Gasteiger partial charge on any atom is 0.146 e. The monoisotopic (exact) mass is 255 g/mol. The fourth-order valence-electron chi connectivity index (χ4n) is 2.04. The van der Waals surface area contributed by atoms with Crippen molar-refractivity contribution in [1.29, 1.82) is 0 Å². The summed E-state index contributed by atoms with van der Waals surface area (Å²) in [6, 6.07) is 0.414. The highest BCUT2D eigenvalue weighted by atomic mass is 16.1. The van der Waals surface area contributed by atoms with Gasteiger partial charge in [-0.25, -0.2) is 0 Å². The Hall–Kier alpha value is -0.370. The third-order valence-corrected chi connectivity index (χ3v) is 3.27. The number of hydrogen-bond donors (Lipinski definition) is 1. The molecule has 0 amide bonds. The summed E-state index contributed by atoms with van der Waals surface area (Å²) < 4.78 is 0. The molecule has 0 radical (unpaired) electrons. The van der Waals surface area contributed by atoms with Crippen molar-refractivity contribution in [2.75, 3.05) is 6.54 Å². The Kier molecular flexibility index (Phi) is 12.8. The van der Waals surface area contributed by atoms with E-state index in [1.165, 1.54) is 51.4 Å². The molecule has 2 nitrogen and oxygen atoms in total. The summed E-state index contributed by atoms with van der Waals surface area (Å²) in [7, 11) is 0. The first-order chi connectivity index (χ1) is 8.66. The van der Waals surface area contributed by atoms with E-state index >= 15 is 0 Å². The lowest BCUT2D eigenvalue weighted by atomic mass is 10.1. The molecular weight excluding hydrogens is 222 g/mol. The first-order valence-electron chi connectivity index (χ1n) is 7.92. The van der Waals surface area contributed by atoms with Gasteiger partial charge >= 0.3 is 0 Å². The Labute approximate surface area is 114 Å². The van der Waals surface area contributed by atoms with Crippen molar-refractivity contribution in [2.24, 2.45) is 0 Å². The van der Waals surface area contributed by atoms with Gasteiger partial charge in [0, 0.05) is 12.5 Å². The summed E-state index contributed by atoms with van der Waals surface area (Å²) in [5.41, 5.74) is 0. The van der Waals surface area contributed by atoms with Crippen LogP contribution in [0.3, 0.4) is 0 Å². The van der Waals surface area contributed by atoms with Crippen LogP contribution in [0.15, 0.2) is 0 Å². The minimum Gasteiger partial charge on any atom is -0.308 e. The van der Waals surface area contributed by atoms with Crippen LogP contribution < -0.4 is 5.32 Å². The standard InChI is InChI=1S/C16H33NO/c1-4-5-6-7-8-9-10-11-12-13-16(18)14-17-15(2)3/h15,17H,4-14H2,1-3H3. The topological polar surface area (TPSA) is 29.1 Å². The van der Waals surface area contributed by atoms with Crippen LogP contribution in [0.2, 0.25) is 0 Å². The second-order valence-electron chi connectivity index (χ2n) is 5.65. The fraction of sp³-hybridized carbons (Fsp3) is 0.938. The van der Waals surface area contributed by atoms with Crippen LogP contribution in [0.25, 0.3) is 0 Å². The van der Waals surface area contributed by atoms with Crippen LogP contribution in [0.1, 0.15) is 85.0 Å². The van der Waals surface area contributed by atoms with Gasteiger partial charge in [0.1, 0.15) is 5.78 Å². The number of nitrogens with one attached hydrogen (secondary N) is 1. The minimum atomic E-state index is 0.367. The third kappa shape index (κ3) is 13.7. The predicted octanol–water partition coefficient (Wildman–Crippen LogP) is 4.47. The lowest BCUT2D eigenvalue weighted by Gasteiger charge is -2.06. The van der Waals surface area contributed by atoms with Crippen molar-refractivity contribution >= 4 is 5.78 Å². The minimum absolute atomic E-state index is 0.367. The molecule has 0 fully saturated rings. The molecular formula is C16H33NO. The van der Waals surface area contributed by atoms with Gasteiger partial charge in [-0.05, 0) is 6.42 Å². The molecule has 0 aliphatic rings. The first-order valence-corrected chi connectivity index (χ1v) is 7.92. The molecule has 18 heavy (non-hydrogen) atoms. The number of hydrogen-bond acceptors (Lipinski definition) is 2. The lowest BCUT2D eigenvalue weighted by molar-refractivity contribution is -0.118. The summed E-state index contributed by atoms with van der Waals surface area (Å²) in [6.45, 7) is 6.96. The Morgan fingerprint density at radius 1 is 0.889 bits per heavy atom. The van der Waals surface area contributed by atoms with E-state index in [9.17, 15) is 4.79 Å². The zero-order valence-electron chi connectivity index (χ0n) is 12.8. The Balaban J connectivity index is 3.12. The second kappa shape index (κ2) is 13.1. The van der Waals surface area contributed by atoms with Crippen molar-refractivity contribution in [3.8, 4) is 0 Å². The normalized spacial score (nSPS) is 11.1. The van der Waals surface area contributed by atoms with Gasteiger partial charge < -0.3 is 5.32 Å². The Morgan fingerprint density at radius 3 is 1.89 bits per heavy atom. The third-order valence-electron chi connectivity index (χ3n) is 3.27. The Morgan fingerprint density at radius 2 is 1.39 bits per heavy atom. The SMILES string of the molecule is CCCCCCCCCCCC(=O)CNC(C)C. The fourth-order valence-corrected chi connectivity index (χ4v) is 2.04. The van der Waals surface area contributed by atoms with Gasteiger partial charge in [0.25, 0.3) is 0 Å². The number of ketones is 1. The molecule has 0 aromatic rings. The van der Waals surface area contributed by atoms with Gasteiger partial charge in [-0.3, -0.25) is 4.79 Å². The zero-order valence-corrected chi connectivity index (χ0v) is 12.8. The van der Waals surface area contributed by atoms with E-state index in [0.717, 1.165) is 12.8 Å². The van der Waals surface area contributed by atoms with Gasteiger partial charge in [0.2, 0.25) is 0 Å². The zero-order chi connectivity index (χ0) is 13.6.